The molecule has 0 saturated carbocycles. The van der Waals surface area contributed by atoms with Crippen molar-refractivity contribution < 1.29 is 0 Å². The number of benzene rings is 7. The predicted octanol–water partition coefficient (Wildman–Crippen LogP) is 11.6. The molecule has 48 heavy (non-hydrogen) atoms. The van der Waals surface area contributed by atoms with E-state index in [1.165, 1.54) is 64.2 Å². The Labute approximate surface area is 282 Å². The number of nitrogens with one attached hydrogen (secondary N) is 2. The van der Waals surface area contributed by atoms with E-state index in [0.717, 1.165) is 16.8 Å². The smallest absolute Gasteiger partial charge is 0.125 e. The van der Waals surface area contributed by atoms with Crippen LogP contribution in [-0.2, 0) is 6.54 Å². The van der Waals surface area contributed by atoms with Gasteiger partial charge in [-0.05, 0) is 64.2 Å². The van der Waals surface area contributed by atoms with Gasteiger partial charge in [-0.2, -0.15) is 0 Å². The van der Waals surface area contributed by atoms with Gasteiger partial charge in [0.2, 0.25) is 0 Å². The highest BCUT2D eigenvalue weighted by molar-refractivity contribution is 7.26. The molecule has 0 saturated heterocycles. The van der Waals surface area contributed by atoms with Crippen molar-refractivity contribution >= 4 is 59.2 Å². The number of amidine groups is 1. The summed E-state index contributed by atoms with van der Waals surface area (Å²) in [6.45, 7) is 0.622. The molecule has 0 aliphatic rings. The lowest BCUT2D eigenvalue weighted by molar-refractivity contribution is 0.908. The molecule has 0 bridgehead atoms. The number of para-hydroxylation sites is 1. The maximum absolute atomic E-state index is 8.66. The second-order valence-electron chi connectivity index (χ2n) is 12.2. The number of hydrogen-bond acceptors (Lipinski definition) is 2. The van der Waals surface area contributed by atoms with E-state index in [1.807, 2.05) is 41.7 Å². The first-order valence-corrected chi connectivity index (χ1v) is 17.0. The van der Waals surface area contributed by atoms with Gasteiger partial charge in [0.05, 0.1) is 11.0 Å². The zero-order valence-electron chi connectivity index (χ0n) is 26.2. The molecule has 2 heterocycles. The summed E-state index contributed by atoms with van der Waals surface area (Å²) < 4.78 is 4.99. The first-order valence-electron chi connectivity index (χ1n) is 16.2. The van der Waals surface area contributed by atoms with Crippen molar-refractivity contribution in [3.05, 3.63) is 175 Å². The van der Waals surface area contributed by atoms with Gasteiger partial charge in [-0.25, -0.2) is 0 Å². The maximum Gasteiger partial charge on any atom is 0.125 e. The lowest BCUT2D eigenvalue weighted by Gasteiger charge is -2.12. The summed E-state index contributed by atoms with van der Waals surface area (Å²) >= 11 is 1.89. The lowest BCUT2D eigenvalue weighted by atomic mass is 9.99. The third-order valence-corrected chi connectivity index (χ3v) is 10.6. The highest BCUT2D eigenvalue weighted by atomic mass is 32.1. The molecule has 0 atom stereocenters. The van der Waals surface area contributed by atoms with Crippen LogP contribution in [0.25, 0.3) is 69.9 Å². The van der Waals surface area contributed by atoms with E-state index < -0.39 is 0 Å². The molecule has 2 N–H and O–H groups in total. The first-order chi connectivity index (χ1) is 23.7. The summed E-state index contributed by atoms with van der Waals surface area (Å²) in [4.78, 5) is 0. The number of nitrogens with zero attached hydrogens (tertiary/aromatic N) is 1. The molecule has 9 aromatic rings. The number of thiophene rings is 1. The quantitative estimate of drug-likeness (QED) is 0.139. The molecule has 0 radical (unpaired) electrons. The fourth-order valence-corrected chi connectivity index (χ4v) is 8.35. The van der Waals surface area contributed by atoms with Crippen LogP contribution in [0.2, 0.25) is 0 Å². The lowest BCUT2D eigenvalue weighted by Crippen LogP contribution is -2.22. The Hall–Kier alpha value is -5.97. The maximum atomic E-state index is 8.66. The second kappa shape index (κ2) is 11.7. The van der Waals surface area contributed by atoms with Crippen LogP contribution in [-0.4, -0.2) is 10.4 Å². The van der Waals surface area contributed by atoms with Crippen LogP contribution < -0.4 is 5.32 Å². The first kappa shape index (κ1) is 28.3. The molecular weight excluding hydrogens is 603 g/mol. The monoisotopic (exact) mass is 633 g/mol. The summed E-state index contributed by atoms with van der Waals surface area (Å²) in [7, 11) is 0. The fraction of sp³-hybridized carbons (Fsp3) is 0.0227. The van der Waals surface area contributed by atoms with Gasteiger partial charge in [-0.15, -0.1) is 11.3 Å². The van der Waals surface area contributed by atoms with E-state index in [1.54, 1.807) is 0 Å². The normalized spacial score (nSPS) is 11.5. The predicted molar refractivity (Wildman–Crippen MR) is 205 cm³/mol. The van der Waals surface area contributed by atoms with E-state index in [9.17, 15) is 0 Å². The Morgan fingerprint density at radius 1 is 0.521 bits per heavy atom. The minimum absolute atomic E-state index is 0.418. The summed E-state index contributed by atoms with van der Waals surface area (Å²) in [5.41, 5.74) is 10.4. The largest absolute Gasteiger partial charge is 0.366 e. The number of fused-ring (bicyclic) bond motifs is 6. The van der Waals surface area contributed by atoms with Gasteiger partial charge < -0.3 is 9.88 Å². The van der Waals surface area contributed by atoms with E-state index in [2.05, 4.69) is 143 Å². The Balaban J connectivity index is 1.15. The molecule has 228 valence electrons. The van der Waals surface area contributed by atoms with Crippen LogP contribution in [0.15, 0.2) is 164 Å². The highest BCUT2D eigenvalue weighted by Crippen LogP contribution is 2.44. The van der Waals surface area contributed by atoms with Crippen LogP contribution in [0.5, 0.6) is 0 Å². The molecule has 0 aliphatic carbocycles. The summed E-state index contributed by atoms with van der Waals surface area (Å²) in [6.07, 6.45) is 0. The Kier molecular flexibility index (Phi) is 6.88. The Morgan fingerprint density at radius 3 is 1.85 bits per heavy atom. The molecule has 0 fully saturated rings. The van der Waals surface area contributed by atoms with Gasteiger partial charge in [0.15, 0.2) is 0 Å². The summed E-state index contributed by atoms with van der Waals surface area (Å²) in [5.74, 6) is 0.418. The van der Waals surface area contributed by atoms with E-state index >= 15 is 0 Å². The molecule has 9 rings (SSSR count). The van der Waals surface area contributed by atoms with E-state index in [-0.39, 0.29) is 0 Å². The van der Waals surface area contributed by atoms with Gasteiger partial charge in [-0.1, -0.05) is 127 Å². The topological polar surface area (TPSA) is 40.8 Å². The Morgan fingerprint density at radius 2 is 1.12 bits per heavy atom. The molecule has 0 unspecified atom stereocenters. The van der Waals surface area contributed by atoms with Crippen LogP contribution in [0.3, 0.4) is 0 Å². The Bertz CT molecular complexity index is 2610. The van der Waals surface area contributed by atoms with Crippen LogP contribution in [0, 0.1) is 5.41 Å². The van der Waals surface area contributed by atoms with Crippen LogP contribution in [0.1, 0.15) is 11.1 Å². The molecule has 7 aromatic carbocycles. The molecular formula is C44H31N3S. The zero-order valence-corrected chi connectivity index (χ0v) is 27.0. The van der Waals surface area contributed by atoms with Gasteiger partial charge in [0.1, 0.15) is 5.84 Å². The van der Waals surface area contributed by atoms with Crippen molar-refractivity contribution in [1.29, 1.82) is 5.41 Å². The molecule has 0 spiro atoms. The molecule has 0 aliphatic heterocycles. The molecule has 0 amide bonds. The highest BCUT2D eigenvalue weighted by Gasteiger charge is 2.17. The van der Waals surface area contributed by atoms with Crippen LogP contribution >= 0.6 is 11.3 Å². The molecule has 2 aromatic heterocycles. The van der Waals surface area contributed by atoms with Crippen LogP contribution in [0.4, 0.5) is 0 Å². The SMILES string of the molecule is N=C(NCc1ccccc1)c1ccc(-n2c3ccccc3c3ccc(-c4cccc5c4sc4c(-c6ccccc6)cccc45)cc32)cc1. The number of aromatic nitrogens is 1. The van der Waals surface area contributed by atoms with E-state index in [4.69, 9.17) is 5.41 Å². The summed E-state index contributed by atoms with van der Waals surface area (Å²) in [5, 5.41) is 17.0. The van der Waals surface area contributed by atoms with Gasteiger partial charge in [-0.3, -0.25) is 5.41 Å². The molecule has 3 nitrogen and oxygen atoms in total. The summed E-state index contributed by atoms with van der Waals surface area (Å²) in [6, 6.07) is 58.2. The van der Waals surface area contributed by atoms with Crippen molar-refractivity contribution in [1.82, 2.24) is 9.88 Å². The molecule has 4 heteroatoms. The zero-order chi connectivity index (χ0) is 32.0. The second-order valence-corrected chi connectivity index (χ2v) is 13.2. The fourth-order valence-electron chi connectivity index (χ4n) is 6.97. The average Bonchev–Trinajstić information content (AvgIpc) is 3.70. The standard InChI is InChI=1S/C44H31N3S/c45-44(46-28-29-11-3-1-4-12-29)31-21-24-33(25-22-31)47-40-20-8-7-15-36(40)37-26-23-32(27-41(37)47)35-17-10-19-39-38-18-9-16-34(42(38)48-43(35)39)30-13-5-2-6-14-30/h1-27H,28H2,(H2,45,46). The number of rotatable bonds is 6. The minimum atomic E-state index is 0.418. The third-order valence-electron chi connectivity index (χ3n) is 9.32. The number of hydrogen-bond donors (Lipinski definition) is 2. The van der Waals surface area contributed by atoms with Gasteiger partial charge in [0, 0.05) is 48.7 Å². The minimum Gasteiger partial charge on any atom is -0.366 e. The average molecular weight is 634 g/mol. The van der Waals surface area contributed by atoms with Gasteiger partial charge >= 0.3 is 0 Å². The van der Waals surface area contributed by atoms with Crippen molar-refractivity contribution in [3.63, 3.8) is 0 Å². The van der Waals surface area contributed by atoms with Crippen molar-refractivity contribution in [2.45, 2.75) is 6.54 Å². The van der Waals surface area contributed by atoms with Gasteiger partial charge in [0.25, 0.3) is 0 Å². The third kappa shape index (κ3) is 4.77. The van der Waals surface area contributed by atoms with Crippen molar-refractivity contribution in [3.8, 4) is 27.9 Å². The van der Waals surface area contributed by atoms with Crippen molar-refractivity contribution in [2.24, 2.45) is 0 Å². The van der Waals surface area contributed by atoms with Crippen molar-refractivity contribution in [2.75, 3.05) is 0 Å². The van der Waals surface area contributed by atoms with E-state index in [0.29, 0.717) is 12.4 Å².